The third-order valence-corrected chi connectivity index (χ3v) is 2.66. The number of rotatable bonds is 10. The van der Waals surface area contributed by atoms with E-state index in [9.17, 15) is 4.79 Å². The third-order valence-electron chi connectivity index (χ3n) is 2.66. The minimum atomic E-state index is 0.0537. The second-order valence-electron chi connectivity index (χ2n) is 5.00. The van der Waals surface area contributed by atoms with Crippen LogP contribution in [0.25, 0.3) is 0 Å². The minimum absolute atomic E-state index is 0.0537. The van der Waals surface area contributed by atoms with Crippen molar-refractivity contribution in [1.29, 1.82) is 0 Å². The fourth-order valence-corrected chi connectivity index (χ4v) is 1.71. The van der Waals surface area contributed by atoms with Crippen LogP contribution in [0, 0.1) is 11.8 Å². The summed E-state index contributed by atoms with van der Waals surface area (Å²) in [6, 6.07) is 0. The van der Waals surface area contributed by atoms with Crippen LogP contribution in [0.4, 0.5) is 0 Å². The number of carbonyl (C=O) groups excluding carboxylic acids is 1. The molecule has 0 aromatic rings. The molecule has 1 amide bonds. The summed E-state index contributed by atoms with van der Waals surface area (Å²) in [7, 11) is 0. The molecule has 0 rings (SSSR count). The van der Waals surface area contributed by atoms with Crippen LogP contribution in [0.3, 0.4) is 0 Å². The monoisotopic (exact) mass is 244 g/mol. The number of amides is 1. The molecular formula is C13H28N2O2. The lowest BCUT2D eigenvalue weighted by molar-refractivity contribution is -0.120. The molecule has 3 N–H and O–H groups in total. The molecule has 0 aliphatic carbocycles. The first kappa shape index (κ1) is 16.4. The average Bonchev–Trinajstić information content (AvgIpc) is 2.27. The van der Waals surface area contributed by atoms with E-state index in [4.69, 9.17) is 5.11 Å². The summed E-state index contributed by atoms with van der Waals surface area (Å²) in [5.74, 6) is 1.02. The summed E-state index contributed by atoms with van der Waals surface area (Å²) in [6.45, 7) is 8.43. The molecule has 1 unspecified atom stereocenters. The first-order valence-corrected chi connectivity index (χ1v) is 6.68. The van der Waals surface area contributed by atoms with Gasteiger partial charge >= 0.3 is 0 Å². The zero-order valence-electron chi connectivity index (χ0n) is 11.5. The smallest absolute Gasteiger partial charge is 0.233 e. The lowest BCUT2D eigenvalue weighted by atomic mass is 10.0. The van der Waals surface area contributed by atoms with Gasteiger partial charge in [0.25, 0.3) is 0 Å². The normalized spacial score (nSPS) is 12.8. The highest BCUT2D eigenvalue weighted by Gasteiger charge is 2.08. The maximum Gasteiger partial charge on any atom is 0.233 e. The molecule has 1 atom stereocenters. The second-order valence-corrected chi connectivity index (χ2v) is 5.00. The topological polar surface area (TPSA) is 61.4 Å². The molecule has 0 heterocycles. The van der Waals surface area contributed by atoms with Crippen molar-refractivity contribution < 1.29 is 9.90 Å². The van der Waals surface area contributed by atoms with Crippen molar-refractivity contribution in [2.45, 2.75) is 40.0 Å². The third kappa shape index (κ3) is 10.3. The van der Waals surface area contributed by atoms with Crippen molar-refractivity contribution in [3.05, 3.63) is 0 Å². The van der Waals surface area contributed by atoms with Gasteiger partial charge in [0.05, 0.1) is 6.54 Å². The Hall–Kier alpha value is -0.610. The molecule has 0 saturated carbocycles. The predicted molar refractivity (Wildman–Crippen MR) is 70.8 cm³/mol. The minimum Gasteiger partial charge on any atom is -0.396 e. The number of aliphatic hydroxyl groups is 1. The van der Waals surface area contributed by atoms with Crippen molar-refractivity contribution in [3.8, 4) is 0 Å². The molecule has 0 aliphatic heterocycles. The number of nitrogens with one attached hydrogen (secondary N) is 2. The van der Waals surface area contributed by atoms with Crippen LogP contribution < -0.4 is 10.6 Å². The summed E-state index contributed by atoms with van der Waals surface area (Å²) in [5.41, 5.74) is 0. The van der Waals surface area contributed by atoms with E-state index in [-0.39, 0.29) is 12.5 Å². The molecule has 4 heteroatoms. The van der Waals surface area contributed by atoms with Crippen LogP contribution >= 0.6 is 0 Å². The number of aliphatic hydroxyl groups excluding tert-OH is 1. The van der Waals surface area contributed by atoms with E-state index in [1.54, 1.807) is 0 Å². The van der Waals surface area contributed by atoms with Crippen molar-refractivity contribution in [2.75, 3.05) is 26.2 Å². The van der Waals surface area contributed by atoms with Gasteiger partial charge in [0, 0.05) is 13.2 Å². The molecule has 102 valence electrons. The molecule has 0 fully saturated rings. The molecule has 0 aromatic heterocycles. The molecule has 0 radical (unpaired) electrons. The van der Waals surface area contributed by atoms with E-state index in [2.05, 4.69) is 31.4 Å². The van der Waals surface area contributed by atoms with Crippen molar-refractivity contribution in [2.24, 2.45) is 11.8 Å². The van der Waals surface area contributed by atoms with E-state index in [1.165, 1.54) is 0 Å². The van der Waals surface area contributed by atoms with Gasteiger partial charge in [-0.1, -0.05) is 27.2 Å². The largest absolute Gasteiger partial charge is 0.396 e. The lowest BCUT2D eigenvalue weighted by Crippen LogP contribution is -2.37. The van der Waals surface area contributed by atoms with Gasteiger partial charge in [0.1, 0.15) is 0 Å². The standard InChI is InChI=1S/C13H28N2O2/c1-4-5-12(6-7-16)9-14-10-13(17)15-8-11(2)3/h11-12,14,16H,4-10H2,1-3H3,(H,15,17). The molecule has 0 saturated heterocycles. The van der Waals surface area contributed by atoms with E-state index < -0.39 is 0 Å². The summed E-state index contributed by atoms with van der Waals surface area (Å²) >= 11 is 0. The Morgan fingerprint density at radius 3 is 2.47 bits per heavy atom. The molecule has 0 bridgehead atoms. The van der Waals surface area contributed by atoms with Crippen LogP contribution in [-0.2, 0) is 4.79 Å². The maximum absolute atomic E-state index is 11.4. The SMILES string of the molecule is CCCC(CCO)CNCC(=O)NCC(C)C. The number of hydrogen-bond acceptors (Lipinski definition) is 3. The lowest BCUT2D eigenvalue weighted by Gasteiger charge is -2.15. The Morgan fingerprint density at radius 2 is 1.94 bits per heavy atom. The van der Waals surface area contributed by atoms with Crippen molar-refractivity contribution >= 4 is 5.91 Å². The zero-order chi connectivity index (χ0) is 13.1. The van der Waals surface area contributed by atoms with Crippen LogP contribution in [0.2, 0.25) is 0 Å². The van der Waals surface area contributed by atoms with E-state index in [1.807, 2.05) is 0 Å². The van der Waals surface area contributed by atoms with Gasteiger partial charge < -0.3 is 15.7 Å². The molecular weight excluding hydrogens is 216 g/mol. The van der Waals surface area contributed by atoms with Crippen molar-refractivity contribution in [3.63, 3.8) is 0 Å². The Kier molecular flexibility index (Phi) is 10.2. The highest BCUT2D eigenvalue weighted by Crippen LogP contribution is 2.08. The van der Waals surface area contributed by atoms with Gasteiger partial charge in [-0.05, 0) is 31.2 Å². The van der Waals surface area contributed by atoms with Gasteiger partial charge in [0.2, 0.25) is 5.91 Å². The van der Waals surface area contributed by atoms with E-state index in [0.29, 0.717) is 18.4 Å². The summed E-state index contributed by atoms with van der Waals surface area (Å²) < 4.78 is 0. The summed E-state index contributed by atoms with van der Waals surface area (Å²) in [4.78, 5) is 11.4. The van der Waals surface area contributed by atoms with Gasteiger partial charge in [0.15, 0.2) is 0 Å². The predicted octanol–water partition coefficient (Wildman–Crippen LogP) is 1.15. The van der Waals surface area contributed by atoms with Crippen LogP contribution in [0.15, 0.2) is 0 Å². The molecule has 0 aliphatic rings. The van der Waals surface area contributed by atoms with Gasteiger partial charge in [-0.25, -0.2) is 0 Å². The van der Waals surface area contributed by atoms with Gasteiger partial charge in [-0.15, -0.1) is 0 Å². The summed E-state index contributed by atoms with van der Waals surface area (Å²) in [6.07, 6.45) is 3.03. The molecule has 4 nitrogen and oxygen atoms in total. The Balaban J connectivity index is 3.61. The highest BCUT2D eigenvalue weighted by atomic mass is 16.3. The first-order chi connectivity index (χ1) is 8.10. The van der Waals surface area contributed by atoms with Crippen LogP contribution in [0.1, 0.15) is 40.0 Å². The van der Waals surface area contributed by atoms with E-state index in [0.717, 1.165) is 32.4 Å². The van der Waals surface area contributed by atoms with E-state index >= 15 is 0 Å². The molecule has 0 aromatic carbocycles. The van der Waals surface area contributed by atoms with Crippen molar-refractivity contribution in [1.82, 2.24) is 10.6 Å². The molecule has 17 heavy (non-hydrogen) atoms. The Morgan fingerprint density at radius 1 is 1.24 bits per heavy atom. The van der Waals surface area contributed by atoms with Crippen LogP contribution in [-0.4, -0.2) is 37.3 Å². The maximum atomic E-state index is 11.4. The average molecular weight is 244 g/mol. The van der Waals surface area contributed by atoms with Crippen LogP contribution in [0.5, 0.6) is 0 Å². The number of carbonyl (C=O) groups is 1. The Bertz CT molecular complexity index is 190. The zero-order valence-corrected chi connectivity index (χ0v) is 11.5. The molecule has 0 spiro atoms. The van der Waals surface area contributed by atoms with Gasteiger partial charge in [-0.3, -0.25) is 4.79 Å². The quantitative estimate of drug-likeness (QED) is 0.540. The Labute approximate surface area is 105 Å². The fraction of sp³-hybridized carbons (Fsp3) is 0.923. The first-order valence-electron chi connectivity index (χ1n) is 6.68. The second kappa shape index (κ2) is 10.5. The fourth-order valence-electron chi connectivity index (χ4n) is 1.71. The summed E-state index contributed by atoms with van der Waals surface area (Å²) in [5, 5.41) is 14.9. The van der Waals surface area contributed by atoms with Gasteiger partial charge in [-0.2, -0.15) is 0 Å². The highest BCUT2D eigenvalue weighted by molar-refractivity contribution is 5.77. The number of hydrogen-bond donors (Lipinski definition) is 3.